The van der Waals surface area contributed by atoms with Crippen molar-refractivity contribution < 1.29 is 9.59 Å². The van der Waals surface area contributed by atoms with Crippen LogP contribution in [-0.2, 0) is 11.2 Å². The van der Waals surface area contributed by atoms with Crippen LogP contribution in [0.5, 0.6) is 0 Å². The molecule has 0 aliphatic carbocycles. The maximum absolute atomic E-state index is 11.2. The number of nitrogens with one attached hydrogen (secondary N) is 2. The number of halogens is 1. The van der Waals surface area contributed by atoms with Crippen LogP contribution in [0, 0.1) is 0 Å². The molecule has 0 aliphatic rings. The van der Waals surface area contributed by atoms with Crippen molar-refractivity contribution in [3.63, 3.8) is 0 Å². The minimum atomic E-state index is -0.794. The van der Waals surface area contributed by atoms with Crippen molar-refractivity contribution in [2.24, 2.45) is 5.73 Å². The highest BCUT2D eigenvalue weighted by Crippen LogP contribution is 2.11. The first kappa shape index (κ1) is 11.5. The normalized spacial score (nSPS) is 9.40. The van der Waals surface area contributed by atoms with Crippen molar-refractivity contribution in [3.05, 3.63) is 34.3 Å². The van der Waals surface area contributed by atoms with Gasteiger partial charge in [-0.1, -0.05) is 28.1 Å². The second-order valence-electron chi connectivity index (χ2n) is 2.84. The number of carbonyl (C=O) groups excluding carboxylic acids is 2. The summed E-state index contributed by atoms with van der Waals surface area (Å²) in [7, 11) is 0. The first-order valence-corrected chi connectivity index (χ1v) is 4.96. The van der Waals surface area contributed by atoms with Gasteiger partial charge in [0.25, 0.3) is 0 Å². The largest absolute Gasteiger partial charge is 0.350 e. The fraction of sp³-hybridized carbons (Fsp3) is 0.111. The summed E-state index contributed by atoms with van der Waals surface area (Å²) in [4.78, 5) is 21.5. The van der Waals surface area contributed by atoms with Crippen LogP contribution in [0.2, 0.25) is 0 Å². The van der Waals surface area contributed by atoms with Crippen LogP contribution in [0.4, 0.5) is 4.79 Å². The number of amides is 3. The van der Waals surface area contributed by atoms with E-state index in [4.69, 9.17) is 5.73 Å². The summed E-state index contributed by atoms with van der Waals surface area (Å²) in [6.45, 7) is 0. The van der Waals surface area contributed by atoms with Gasteiger partial charge in [0, 0.05) is 4.47 Å². The highest BCUT2D eigenvalue weighted by Gasteiger charge is 2.03. The summed E-state index contributed by atoms with van der Waals surface area (Å²) in [6, 6.07) is 6.54. The van der Waals surface area contributed by atoms with Crippen molar-refractivity contribution in [2.75, 3.05) is 0 Å². The summed E-state index contributed by atoms with van der Waals surface area (Å²) >= 11 is 3.29. The molecular weight excluding hydrogens is 262 g/mol. The SMILES string of the molecule is NC(=O)NNC(=O)Cc1cccc(Br)c1. The molecule has 0 bridgehead atoms. The lowest BCUT2D eigenvalue weighted by molar-refractivity contribution is -0.121. The van der Waals surface area contributed by atoms with Gasteiger partial charge in [-0.25, -0.2) is 10.2 Å². The minimum absolute atomic E-state index is 0.180. The van der Waals surface area contributed by atoms with Gasteiger partial charge < -0.3 is 5.73 Å². The Morgan fingerprint density at radius 2 is 2.07 bits per heavy atom. The molecule has 0 spiro atoms. The van der Waals surface area contributed by atoms with Gasteiger partial charge in [0.15, 0.2) is 0 Å². The molecule has 3 amide bonds. The predicted octanol–water partition coefficient (Wildman–Crippen LogP) is 0.691. The Kier molecular flexibility index (Phi) is 4.11. The molecule has 0 unspecified atom stereocenters. The summed E-state index contributed by atoms with van der Waals surface area (Å²) in [5, 5.41) is 0. The molecule has 0 aromatic heterocycles. The Balaban J connectivity index is 2.48. The lowest BCUT2D eigenvalue weighted by Crippen LogP contribution is -2.45. The van der Waals surface area contributed by atoms with Gasteiger partial charge in [-0.05, 0) is 17.7 Å². The first-order chi connectivity index (χ1) is 7.08. The van der Waals surface area contributed by atoms with Crippen molar-refractivity contribution in [2.45, 2.75) is 6.42 Å². The Hall–Kier alpha value is -1.56. The second kappa shape index (κ2) is 5.35. The fourth-order valence-corrected chi connectivity index (χ4v) is 1.45. The average molecular weight is 272 g/mol. The van der Waals surface area contributed by atoms with Crippen molar-refractivity contribution in [3.8, 4) is 0 Å². The molecule has 0 atom stereocenters. The Morgan fingerprint density at radius 3 is 2.67 bits per heavy atom. The maximum Gasteiger partial charge on any atom is 0.330 e. The summed E-state index contributed by atoms with van der Waals surface area (Å²) in [6.07, 6.45) is 0.180. The minimum Gasteiger partial charge on any atom is -0.350 e. The van der Waals surface area contributed by atoms with Crippen LogP contribution in [0.1, 0.15) is 5.56 Å². The number of urea groups is 1. The van der Waals surface area contributed by atoms with E-state index in [1.807, 2.05) is 29.7 Å². The van der Waals surface area contributed by atoms with E-state index >= 15 is 0 Å². The van der Waals surface area contributed by atoms with Crippen LogP contribution in [-0.4, -0.2) is 11.9 Å². The van der Waals surface area contributed by atoms with Crippen molar-refractivity contribution >= 4 is 27.9 Å². The van der Waals surface area contributed by atoms with Gasteiger partial charge in [-0.15, -0.1) is 0 Å². The highest BCUT2D eigenvalue weighted by molar-refractivity contribution is 9.10. The van der Waals surface area contributed by atoms with Gasteiger partial charge in [0.05, 0.1) is 6.42 Å². The Morgan fingerprint density at radius 1 is 1.33 bits per heavy atom. The fourth-order valence-electron chi connectivity index (χ4n) is 1.01. The molecular formula is C9H10BrN3O2. The van der Waals surface area contributed by atoms with Gasteiger partial charge in [-0.3, -0.25) is 10.2 Å². The van der Waals surface area contributed by atoms with E-state index in [0.717, 1.165) is 10.0 Å². The Labute approximate surface area is 95.1 Å². The average Bonchev–Trinajstić information content (AvgIpc) is 2.15. The molecule has 1 aromatic rings. The first-order valence-electron chi connectivity index (χ1n) is 4.16. The van der Waals surface area contributed by atoms with Crippen LogP contribution < -0.4 is 16.6 Å². The third-order valence-electron chi connectivity index (χ3n) is 1.58. The Bertz CT molecular complexity index is 381. The monoisotopic (exact) mass is 271 g/mol. The molecule has 80 valence electrons. The molecule has 0 saturated carbocycles. The van der Waals surface area contributed by atoms with Crippen molar-refractivity contribution in [1.82, 2.24) is 10.9 Å². The number of primary amides is 1. The molecule has 1 rings (SSSR count). The predicted molar refractivity (Wildman–Crippen MR) is 58.7 cm³/mol. The van der Waals surface area contributed by atoms with E-state index in [9.17, 15) is 9.59 Å². The standard InChI is InChI=1S/C9H10BrN3O2/c10-7-3-1-2-6(4-7)5-8(14)12-13-9(11)15/h1-4H,5H2,(H,12,14)(H3,11,13,15). The van der Waals surface area contributed by atoms with Crippen LogP contribution in [0.25, 0.3) is 0 Å². The zero-order chi connectivity index (χ0) is 11.3. The van der Waals surface area contributed by atoms with E-state index in [-0.39, 0.29) is 12.3 Å². The number of carbonyl (C=O) groups is 2. The molecule has 0 fully saturated rings. The van der Waals surface area contributed by atoms with E-state index in [1.165, 1.54) is 0 Å². The molecule has 0 aliphatic heterocycles. The molecule has 0 saturated heterocycles. The highest BCUT2D eigenvalue weighted by atomic mass is 79.9. The van der Waals surface area contributed by atoms with E-state index < -0.39 is 6.03 Å². The summed E-state index contributed by atoms with van der Waals surface area (Å²) in [5.74, 6) is -0.327. The molecule has 4 N–H and O–H groups in total. The number of nitrogens with two attached hydrogens (primary N) is 1. The van der Waals surface area contributed by atoms with Gasteiger partial charge in [-0.2, -0.15) is 0 Å². The van der Waals surface area contributed by atoms with Gasteiger partial charge in [0.1, 0.15) is 0 Å². The zero-order valence-electron chi connectivity index (χ0n) is 7.79. The van der Waals surface area contributed by atoms with Gasteiger partial charge in [0.2, 0.25) is 5.91 Å². The number of hydrazine groups is 1. The van der Waals surface area contributed by atoms with Crippen molar-refractivity contribution in [1.29, 1.82) is 0 Å². The zero-order valence-corrected chi connectivity index (χ0v) is 9.37. The van der Waals surface area contributed by atoms with E-state index in [2.05, 4.69) is 21.4 Å². The number of hydrogen-bond donors (Lipinski definition) is 3. The topological polar surface area (TPSA) is 84.2 Å². The van der Waals surface area contributed by atoms with E-state index in [1.54, 1.807) is 0 Å². The lowest BCUT2D eigenvalue weighted by Gasteiger charge is -2.04. The molecule has 6 heteroatoms. The molecule has 0 heterocycles. The van der Waals surface area contributed by atoms with Gasteiger partial charge >= 0.3 is 6.03 Å². The van der Waals surface area contributed by atoms with Crippen LogP contribution in [0.3, 0.4) is 0 Å². The number of benzene rings is 1. The third kappa shape index (κ3) is 4.46. The summed E-state index contributed by atoms with van der Waals surface area (Å²) in [5.41, 5.74) is 9.81. The number of rotatable bonds is 2. The van der Waals surface area contributed by atoms with Crippen LogP contribution in [0.15, 0.2) is 28.7 Å². The molecule has 1 aromatic carbocycles. The van der Waals surface area contributed by atoms with Crippen LogP contribution >= 0.6 is 15.9 Å². The quantitative estimate of drug-likeness (QED) is 0.692. The molecule has 0 radical (unpaired) electrons. The second-order valence-corrected chi connectivity index (χ2v) is 3.76. The molecule has 15 heavy (non-hydrogen) atoms. The van der Waals surface area contributed by atoms with E-state index in [0.29, 0.717) is 0 Å². The number of hydrogen-bond acceptors (Lipinski definition) is 2. The smallest absolute Gasteiger partial charge is 0.330 e. The molecule has 5 nitrogen and oxygen atoms in total. The lowest BCUT2D eigenvalue weighted by atomic mass is 10.1. The summed E-state index contributed by atoms with van der Waals surface area (Å²) < 4.78 is 0.899. The third-order valence-corrected chi connectivity index (χ3v) is 2.07. The maximum atomic E-state index is 11.2.